The number of guanidine groups is 1. The average molecular weight is 414 g/mol. The Bertz CT molecular complexity index is 719. The van der Waals surface area contributed by atoms with Gasteiger partial charge in [-0.2, -0.15) is 0 Å². The van der Waals surface area contributed by atoms with Crippen LogP contribution in [0.25, 0.3) is 0 Å². The largest absolute Gasteiger partial charge is 0.363 e. The van der Waals surface area contributed by atoms with Crippen LogP contribution < -0.4 is 15.5 Å². The Morgan fingerprint density at radius 3 is 2.45 bits per heavy atom. The first-order valence-corrected chi connectivity index (χ1v) is 11.7. The van der Waals surface area contributed by atoms with Crippen molar-refractivity contribution in [3.8, 4) is 0 Å². The van der Waals surface area contributed by atoms with Crippen LogP contribution in [0.15, 0.2) is 52.8 Å². The first-order chi connectivity index (χ1) is 14.2. The quantitative estimate of drug-likeness (QED) is 0.508. The van der Waals surface area contributed by atoms with Crippen LogP contribution >= 0.6 is 11.3 Å². The Morgan fingerprint density at radius 1 is 1.14 bits per heavy atom. The molecule has 6 heteroatoms. The molecule has 0 bridgehead atoms. The molecule has 1 aliphatic heterocycles. The van der Waals surface area contributed by atoms with E-state index < -0.39 is 0 Å². The summed E-state index contributed by atoms with van der Waals surface area (Å²) >= 11 is 1.83. The van der Waals surface area contributed by atoms with Gasteiger partial charge in [-0.15, -0.1) is 11.3 Å². The Balaban J connectivity index is 1.53. The molecule has 0 amide bonds. The second-order valence-corrected chi connectivity index (χ2v) is 8.38. The molecule has 1 atom stereocenters. The van der Waals surface area contributed by atoms with Crippen LogP contribution in [0.5, 0.6) is 0 Å². The summed E-state index contributed by atoms with van der Waals surface area (Å²) in [7, 11) is 1.87. The summed E-state index contributed by atoms with van der Waals surface area (Å²) in [5.74, 6) is 0.910. The maximum Gasteiger partial charge on any atom is 0.191 e. The van der Waals surface area contributed by atoms with Crippen LogP contribution in [-0.4, -0.2) is 56.7 Å². The molecule has 3 rings (SSSR count). The molecule has 1 fully saturated rings. The number of hydrogen-bond acceptors (Lipinski definition) is 4. The van der Waals surface area contributed by atoms with Crippen molar-refractivity contribution in [3.63, 3.8) is 0 Å². The number of nitrogens with zero attached hydrogens (tertiary/aromatic N) is 3. The molecule has 2 aromatic rings. The standard InChI is InChI=1S/C23H35N5S/c1-4-27(5-2)21(19-10-7-6-8-11-19)18-25-23(24-3)26-20-13-15-28(16-14-20)22-12-9-17-29-22/h6-12,17,20-21H,4-5,13-16,18H2,1-3H3,(H2,24,25,26). The first-order valence-electron chi connectivity index (χ1n) is 10.8. The molecule has 0 aliphatic carbocycles. The fourth-order valence-corrected chi connectivity index (χ4v) is 4.86. The molecule has 5 nitrogen and oxygen atoms in total. The molecule has 1 aromatic carbocycles. The SMILES string of the molecule is CCN(CC)C(CNC(=NC)NC1CCN(c2cccs2)CC1)c1ccccc1. The number of nitrogens with one attached hydrogen (secondary N) is 2. The van der Waals surface area contributed by atoms with Crippen LogP contribution in [0.4, 0.5) is 5.00 Å². The predicted octanol–water partition coefficient (Wildman–Crippen LogP) is 3.97. The molecule has 1 aliphatic rings. The van der Waals surface area contributed by atoms with Crippen LogP contribution in [0.2, 0.25) is 0 Å². The van der Waals surface area contributed by atoms with Crippen molar-refractivity contribution in [2.24, 2.45) is 4.99 Å². The number of thiophene rings is 1. The highest BCUT2D eigenvalue weighted by molar-refractivity contribution is 7.14. The van der Waals surface area contributed by atoms with E-state index in [2.05, 4.69) is 87.1 Å². The molecule has 158 valence electrons. The number of benzene rings is 1. The highest BCUT2D eigenvalue weighted by atomic mass is 32.1. The Kier molecular flexibility index (Phi) is 8.38. The third-order valence-electron chi connectivity index (χ3n) is 5.78. The van der Waals surface area contributed by atoms with Crippen LogP contribution in [0, 0.1) is 0 Å². The minimum atomic E-state index is 0.338. The van der Waals surface area contributed by atoms with E-state index in [1.165, 1.54) is 10.6 Å². The van der Waals surface area contributed by atoms with Gasteiger partial charge in [0.2, 0.25) is 0 Å². The lowest BCUT2D eigenvalue weighted by Crippen LogP contribution is -2.50. The highest BCUT2D eigenvalue weighted by Gasteiger charge is 2.22. The zero-order chi connectivity index (χ0) is 20.5. The van der Waals surface area contributed by atoms with Crippen molar-refractivity contribution in [3.05, 3.63) is 53.4 Å². The fourth-order valence-electron chi connectivity index (χ4n) is 4.07. The predicted molar refractivity (Wildman–Crippen MR) is 126 cm³/mol. The van der Waals surface area contributed by atoms with Gasteiger partial charge in [-0.25, -0.2) is 0 Å². The van der Waals surface area contributed by atoms with Gasteiger partial charge in [0, 0.05) is 32.7 Å². The third-order valence-corrected chi connectivity index (χ3v) is 6.71. The Labute approximate surface area is 179 Å². The lowest BCUT2D eigenvalue weighted by molar-refractivity contribution is 0.218. The van der Waals surface area contributed by atoms with E-state index in [4.69, 9.17) is 0 Å². The van der Waals surface area contributed by atoms with Gasteiger partial charge in [0.05, 0.1) is 11.0 Å². The maximum absolute atomic E-state index is 4.49. The average Bonchev–Trinajstić information content (AvgIpc) is 3.31. The van der Waals surface area contributed by atoms with Crippen molar-refractivity contribution in [2.75, 3.05) is 44.7 Å². The Hall–Kier alpha value is -2.05. The van der Waals surface area contributed by atoms with E-state index in [-0.39, 0.29) is 0 Å². The lowest BCUT2D eigenvalue weighted by atomic mass is 10.0. The first kappa shape index (κ1) is 21.7. The number of likely N-dealkylation sites (N-methyl/N-ethyl adjacent to an activating group) is 1. The fraction of sp³-hybridized carbons (Fsp3) is 0.522. The van der Waals surface area contributed by atoms with Crippen molar-refractivity contribution >= 4 is 22.3 Å². The number of rotatable bonds is 8. The zero-order valence-corrected chi connectivity index (χ0v) is 18.8. The molecule has 1 saturated heterocycles. The number of hydrogen-bond donors (Lipinski definition) is 2. The van der Waals surface area contributed by atoms with Gasteiger partial charge in [-0.3, -0.25) is 9.89 Å². The summed E-state index contributed by atoms with van der Waals surface area (Å²) in [5, 5.41) is 10.8. The molecule has 2 N–H and O–H groups in total. The lowest BCUT2D eigenvalue weighted by Gasteiger charge is -2.34. The minimum Gasteiger partial charge on any atom is -0.363 e. The molecule has 2 heterocycles. The summed E-state index contributed by atoms with van der Waals surface area (Å²) in [4.78, 5) is 9.48. The van der Waals surface area contributed by atoms with E-state index in [1.54, 1.807) is 0 Å². The van der Waals surface area contributed by atoms with E-state index in [0.717, 1.165) is 51.5 Å². The van der Waals surface area contributed by atoms with E-state index in [1.807, 2.05) is 18.4 Å². The van der Waals surface area contributed by atoms with Gasteiger partial charge < -0.3 is 15.5 Å². The van der Waals surface area contributed by atoms with Crippen molar-refractivity contribution < 1.29 is 0 Å². The van der Waals surface area contributed by atoms with Gasteiger partial charge in [0.25, 0.3) is 0 Å². The van der Waals surface area contributed by atoms with Gasteiger partial charge >= 0.3 is 0 Å². The maximum atomic E-state index is 4.49. The second-order valence-electron chi connectivity index (χ2n) is 7.46. The summed E-state index contributed by atoms with van der Waals surface area (Å²) in [6.45, 7) is 9.57. The summed E-state index contributed by atoms with van der Waals surface area (Å²) in [5.41, 5.74) is 1.35. The smallest absolute Gasteiger partial charge is 0.191 e. The Morgan fingerprint density at radius 2 is 1.86 bits per heavy atom. The molecule has 0 spiro atoms. The molecule has 29 heavy (non-hydrogen) atoms. The van der Waals surface area contributed by atoms with E-state index in [9.17, 15) is 0 Å². The van der Waals surface area contributed by atoms with Crippen molar-refractivity contribution in [2.45, 2.75) is 38.8 Å². The molecule has 0 radical (unpaired) electrons. The number of piperidine rings is 1. The van der Waals surface area contributed by atoms with Crippen LogP contribution in [-0.2, 0) is 0 Å². The van der Waals surface area contributed by atoms with E-state index in [0.29, 0.717) is 12.1 Å². The molecule has 1 aromatic heterocycles. The number of aliphatic imine (C=N–C) groups is 1. The summed E-state index contributed by atoms with van der Waals surface area (Å²) in [6, 6.07) is 15.9. The molecular formula is C23H35N5S. The highest BCUT2D eigenvalue weighted by Crippen LogP contribution is 2.25. The summed E-state index contributed by atoms with van der Waals surface area (Å²) < 4.78 is 0. The van der Waals surface area contributed by atoms with Crippen LogP contribution in [0.1, 0.15) is 38.3 Å². The molecule has 1 unspecified atom stereocenters. The molecular weight excluding hydrogens is 378 g/mol. The second kappa shape index (κ2) is 11.2. The monoisotopic (exact) mass is 413 g/mol. The van der Waals surface area contributed by atoms with Gasteiger partial charge in [0.15, 0.2) is 5.96 Å². The van der Waals surface area contributed by atoms with Crippen molar-refractivity contribution in [1.29, 1.82) is 0 Å². The summed E-state index contributed by atoms with van der Waals surface area (Å²) in [6.07, 6.45) is 2.27. The van der Waals surface area contributed by atoms with Gasteiger partial charge in [0.1, 0.15) is 0 Å². The van der Waals surface area contributed by atoms with Crippen molar-refractivity contribution in [1.82, 2.24) is 15.5 Å². The topological polar surface area (TPSA) is 42.9 Å². The van der Waals surface area contributed by atoms with E-state index >= 15 is 0 Å². The normalized spacial score (nSPS) is 16.8. The van der Waals surface area contributed by atoms with Gasteiger partial charge in [-0.1, -0.05) is 44.2 Å². The third kappa shape index (κ3) is 5.97. The van der Waals surface area contributed by atoms with Gasteiger partial charge in [-0.05, 0) is 49.0 Å². The molecule has 0 saturated carbocycles. The zero-order valence-electron chi connectivity index (χ0n) is 18.0. The minimum absolute atomic E-state index is 0.338. The van der Waals surface area contributed by atoms with Crippen LogP contribution in [0.3, 0.4) is 0 Å². The number of anilines is 1.